The molecule has 2 heteroatoms. The van der Waals surface area contributed by atoms with Crippen LogP contribution in [0.15, 0.2) is 0 Å². The highest BCUT2D eigenvalue weighted by atomic mass is 16.5. The van der Waals surface area contributed by atoms with Crippen LogP contribution in [0.1, 0.15) is 39.5 Å². The van der Waals surface area contributed by atoms with E-state index in [1.165, 1.54) is 6.42 Å². The van der Waals surface area contributed by atoms with Gasteiger partial charge in [-0.2, -0.15) is 0 Å². The summed E-state index contributed by atoms with van der Waals surface area (Å²) in [5, 5.41) is 0. The van der Waals surface area contributed by atoms with E-state index in [1.807, 2.05) is 0 Å². The van der Waals surface area contributed by atoms with Gasteiger partial charge in [0.25, 0.3) is 0 Å². The summed E-state index contributed by atoms with van der Waals surface area (Å²) in [7, 11) is 0. The van der Waals surface area contributed by atoms with Crippen molar-refractivity contribution in [3.05, 3.63) is 0 Å². The summed E-state index contributed by atoms with van der Waals surface area (Å²) in [5.74, 6) is 0. The topological polar surface area (TPSA) is 35.2 Å². The van der Waals surface area contributed by atoms with Crippen molar-refractivity contribution in [2.24, 2.45) is 5.73 Å². The molecule has 0 fully saturated rings. The second kappa shape index (κ2) is 8.02. The Morgan fingerprint density at radius 1 is 1.27 bits per heavy atom. The average molecular weight is 159 g/mol. The number of ether oxygens (including phenoxy) is 1. The van der Waals surface area contributed by atoms with Crippen molar-refractivity contribution in [1.29, 1.82) is 0 Å². The van der Waals surface area contributed by atoms with Crippen molar-refractivity contribution in [3.8, 4) is 0 Å². The molecular weight excluding hydrogens is 138 g/mol. The quantitative estimate of drug-likeness (QED) is 0.576. The van der Waals surface area contributed by atoms with Crippen molar-refractivity contribution in [2.75, 3.05) is 13.2 Å². The zero-order valence-electron chi connectivity index (χ0n) is 7.81. The lowest BCUT2D eigenvalue weighted by Crippen LogP contribution is -2.25. The number of rotatable bonds is 7. The molecule has 0 aliphatic rings. The Labute approximate surface area is 70.1 Å². The number of hydrogen-bond donors (Lipinski definition) is 1. The molecule has 0 saturated carbocycles. The predicted octanol–water partition coefficient (Wildman–Crippen LogP) is 1.93. The van der Waals surface area contributed by atoms with Gasteiger partial charge in [-0.15, -0.1) is 0 Å². The molecule has 0 saturated heterocycles. The van der Waals surface area contributed by atoms with Crippen LogP contribution < -0.4 is 5.73 Å². The minimum atomic E-state index is 0.247. The largest absolute Gasteiger partial charge is 0.380 e. The molecule has 2 nitrogen and oxygen atoms in total. The summed E-state index contributed by atoms with van der Waals surface area (Å²) in [6.07, 6.45) is 4.58. The van der Waals surface area contributed by atoms with Crippen LogP contribution in [0.3, 0.4) is 0 Å². The summed E-state index contributed by atoms with van der Waals surface area (Å²) >= 11 is 0. The van der Waals surface area contributed by atoms with Crippen LogP contribution in [0.4, 0.5) is 0 Å². The first-order valence-corrected chi connectivity index (χ1v) is 4.64. The molecule has 0 bridgehead atoms. The third-order valence-electron chi connectivity index (χ3n) is 1.63. The van der Waals surface area contributed by atoms with Gasteiger partial charge >= 0.3 is 0 Å². The zero-order valence-corrected chi connectivity index (χ0v) is 7.81. The number of hydrogen-bond acceptors (Lipinski definition) is 2. The van der Waals surface area contributed by atoms with Gasteiger partial charge < -0.3 is 10.5 Å². The van der Waals surface area contributed by atoms with Crippen molar-refractivity contribution >= 4 is 0 Å². The summed E-state index contributed by atoms with van der Waals surface area (Å²) < 4.78 is 5.36. The normalized spacial score (nSPS) is 13.4. The molecule has 0 rings (SSSR count). The Bertz CT molecular complexity index is 76.0. The Morgan fingerprint density at radius 3 is 2.55 bits per heavy atom. The molecule has 0 spiro atoms. The van der Waals surface area contributed by atoms with Crippen LogP contribution in [0.2, 0.25) is 0 Å². The summed E-state index contributed by atoms with van der Waals surface area (Å²) in [6, 6.07) is 0.247. The van der Waals surface area contributed by atoms with Gasteiger partial charge in [-0.05, 0) is 12.8 Å². The van der Waals surface area contributed by atoms with Gasteiger partial charge in [0.05, 0.1) is 6.61 Å². The van der Waals surface area contributed by atoms with Crippen LogP contribution in [0.5, 0.6) is 0 Å². The van der Waals surface area contributed by atoms with Crippen LogP contribution in [0, 0.1) is 0 Å². The van der Waals surface area contributed by atoms with Crippen molar-refractivity contribution in [2.45, 2.75) is 45.6 Å². The Kier molecular flexibility index (Phi) is 7.96. The summed E-state index contributed by atoms with van der Waals surface area (Å²) in [4.78, 5) is 0. The molecule has 0 heterocycles. The zero-order chi connectivity index (χ0) is 8.53. The van der Waals surface area contributed by atoms with E-state index in [0.717, 1.165) is 32.5 Å². The minimum Gasteiger partial charge on any atom is -0.380 e. The smallest absolute Gasteiger partial charge is 0.0617 e. The second-order valence-electron chi connectivity index (χ2n) is 2.98. The first-order chi connectivity index (χ1) is 5.31. The molecule has 0 aliphatic carbocycles. The molecule has 1 atom stereocenters. The van der Waals surface area contributed by atoms with Crippen LogP contribution in [-0.2, 0) is 4.74 Å². The fourth-order valence-corrected chi connectivity index (χ4v) is 0.935. The highest BCUT2D eigenvalue weighted by Crippen LogP contribution is 1.95. The monoisotopic (exact) mass is 159 g/mol. The molecule has 0 aliphatic heterocycles. The Morgan fingerprint density at radius 2 is 2.00 bits per heavy atom. The molecule has 0 aromatic rings. The van der Waals surface area contributed by atoms with E-state index < -0.39 is 0 Å². The number of nitrogens with two attached hydrogens (primary N) is 1. The van der Waals surface area contributed by atoms with Gasteiger partial charge in [0.1, 0.15) is 0 Å². The van der Waals surface area contributed by atoms with Gasteiger partial charge in [-0.3, -0.25) is 0 Å². The van der Waals surface area contributed by atoms with E-state index in [2.05, 4.69) is 13.8 Å². The molecule has 68 valence electrons. The molecule has 0 aromatic carbocycles. The minimum absolute atomic E-state index is 0.247. The lowest BCUT2D eigenvalue weighted by Gasteiger charge is -2.09. The second-order valence-corrected chi connectivity index (χ2v) is 2.98. The van der Waals surface area contributed by atoms with Crippen molar-refractivity contribution in [3.63, 3.8) is 0 Å². The third kappa shape index (κ3) is 7.82. The SMILES string of the molecule is CCCCOCC(N)CCC. The van der Waals surface area contributed by atoms with E-state index in [1.54, 1.807) is 0 Å². The summed E-state index contributed by atoms with van der Waals surface area (Å²) in [5.41, 5.74) is 5.74. The van der Waals surface area contributed by atoms with Crippen LogP contribution in [-0.4, -0.2) is 19.3 Å². The van der Waals surface area contributed by atoms with Crippen LogP contribution >= 0.6 is 0 Å². The molecule has 0 aromatic heterocycles. The maximum absolute atomic E-state index is 5.74. The lowest BCUT2D eigenvalue weighted by molar-refractivity contribution is 0.116. The highest BCUT2D eigenvalue weighted by molar-refractivity contribution is 4.57. The van der Waals surface area contributed by atoms with Gasteiger partial charge in [-0.25, -0.2) is 0 Å². The number of unbranched alkanes of at least 4 members (excludes halogenated alkanes) is 1. The predicted molar refractivity (Wildman–Crippen MR) is 48.6 cm³/mol. The molecule has 2 N–H and O–H groups in total. The van der Waals surface area contributed by atoms with E-state index in [0.29, 0.717) is 0 Å². The standard InChI is InChI=1S/C9H21NO/c1-3-5-7-11-8-9(10)6-4-2/h9H,3-8,10H2,1-2H3. The van der Waals surface area contributed by atoms with E-state index >= 15 is 0 Å². The molecule has 0 radical (unpaired) electrons. The van der Waals surface area contributed by atoms with Gasteiger partial charge in [-0.1, -0.05) is 26.7 Å². The lowest BCUT2D eigenvalue weighted by atomic mass is 10.2. The fraction of sp³-hybridized carbons (Fsp3) is 1.00. The third-order valence-corrected chi connectivity index (χ3v) is 1.63. The first kappa shape index (κ1) is 10.9. The van der Waals surface area contributed by atoms with Gasteiger partial charge in [0.2, 0.25) is 0 Å². The van der Waals surface area contributed by atoms with Crippen molar-refractivity contribution in [1.82, 2.24) is 0 Å². The molecule has 1 unspecified atom stereocenters. The maximum Gasteiger partial charge on any atom is 0.0617 e. The van der Waals surface area contributed by atoms with E-state index in [-0.39, 0.29) is 6.04 Å². The Balaban J connectivity index is 2.97. The molecule has 0 amide bonds. The molecular formula is C9H21NO. The molecule has 11 heavy (non-hydrogen) atoms. The van der Waals surface area contributed by atoms with E-state index in [9.17, 15) is 0 Å². The van der Waals surface area contributed by atoms with E-state index in [4.69, 9.17) is 10.5 Å². The van der Waals surface area contributed by atoms with Gasteiger partial charge in [0.15, 0.2) is 0 Å². The average Bonchev–Trinajstić information content (AvgIpc) is 1.99. The Hall–Kier alpha value is -0.0800. The van der Waals surface area contributed by atoms with Crippen molar-refractivity contribution < 1.29 is 4.74 Å². The van der Waals surface area contributed by atoms with Gasteiger partial charge in [0, 0.05) is 12.6 Å². The van der Waals surface area contributed by atoms with Crippen LogP contribution in [0.25, 0.3) is 0 Å². The highest BCUT2D eigenvalue weighted by Gasteiger charge is 1.99. The first-order valence-electron chi connectivity index (χ1n) is 4.64. The fourth-order valence-electron chi connectivity index (χ4n) is 0.935. The summed E-state index contributed by atoms with van der Waals surface area (Å²) in [6.45, 7) is 5.91. The maximum atomic E-state index is 5.74.